The SMILES string of the molecule is C=CCNC(=O)CN1CCN(C(C)C(=O)NC(C)(C)C)CC1. The van der Waals surface area contributed by atoms with Gasteiger partial charge in [0.15, 0.2) is 0 Å². The molecule has 0 bridgehead atoms. The molecule has 0 radical (unpaired) electrons. The largest absolute Gasteiger partial charge is 0.352 e. The zero-order valence-corrected chi connectivity index (χ0v) is 14.3. The van der Waals surface area contributed by atoms with Crippen LogP contribution in [0.15, 0.2) is 12.7 Å². The molecule has 1 aliphatic heterocycles. The summed E-state index contributed by atoms with van der Waals surface area (Å²) < 4.78 is 0. The molecule has 1 atom stereocenters. The molecule has 1 fully saturated rings. The van der Waals surface area contributed by atoms with E-state index in [0.717, 1.165) is 26.2 Å². The highest BCUT2D eigenvalue weighted by atomic mass is 16.2. The van der Waals surface area contributed by atoms with Crippen LogP contribution < -0.4 is 10.6 Å². The number of nitrogens with zero attached hydrogens (tertiary/aromatic N) is 2. The van der Waals surface area contributed by atoms with Gasteiger partial charge < -0.3 is 10.6 Å². The topological polar surface area (TPSA) is 64.7 Å². The van der Waals surface area contributed by atoms with E-state index in [9.17, 15) is 9.59 Å². The predicted molar refractivity (Wildman–Crippen MR) is 88.6 cm³/mol. The Morgan fingerprint density at radius 1 is 1.23 bits per heavy atom. The van der Waals surface area contributed by atoms with E-state index in [2.05, 4.69) is 27.0 Å². The molecule has 0 aromatic heterocycles. The lowest BCUT2D eigenvalue weighted by Crippen LogP contribution is -2.57. The summed E-state index contributed by atoms with van der Waals surface area (Å²) in [6.45, 7) is 15.6. The molecule has 1 aliphatic rings. The summed E-state index contributed by atoms with van der Waals surface area (Å²) in [5, 5.41) is 5.80. The van der Waals surface area contributed by atoms with Gasteiger partial charge in [-0.3, -0.25) is 19.4 Å². The van der Waals surface area contributed by atoms with Gasteiger partial charge in [-0.25, -0.2) is 0 Å². The van der Waals surface area contributed by atoms with Crippen LogP contribution >= 0.6 is 0 Å². The number of hydrogen-bond acceptors (Lipinski definition) is 4. The van der Waals surface area contributed by atoms with Crippen molar-refractivity contribution in [3.05, 3.63) is 12.7 Å². The first-order valence-corrected chi connectivity index (χ1v) is 7.89. The Kier molecular flexibility index (Phi) is 7.03. The average Bonchev–Trinajstić information content (AvgIpc) is 2.43. The second kappa shape index (κ2) is 8.29. The predicted octanol–water partition coefficient (Wildman–Crippen LogP) is 0.209. The van der Waals surface area contributed by atoms with Crippen molar-refractivity contribution < 1.29 is 9.59 Å². The normalized spacial score (nSPS) is 18.5. The Labute approximate surface area is 133 Å². The standard InChI is InChI=1S/C16H30N4O2/c1-6-7-17-14(21)12-19-8-10-20(11-9-19)13(2)15(22)18-16(3,4)5/h6,13H,1,7-12H2,2-5H3,(H,17,21)(H,18,22). The fourth-order valence-electron chi connectivity index (χ4n) is 2.39. The van der Waals surface area contributed by atoms with Crippen LogP contribution in [0.2, 0.25) is 0 Å². The molecule has 1 rings (SSSR count). The van der Waals surface area contributed by atoms with Gasteiger partial charge in [0.05, 0.1) is 12.6 Å². The molecular formula is C16H30N4O2. The van der Waals surface area contributed by atoms with Gasteiger partial charge in [-0.05, 0) is 27.7 Å². The number of carbonyl (C=O) groups is 2. The third-order valence-electron chi connectivity index (χ3n) is 3.64. The average molecular weight is 310 g/mol. The Morgan fingerprint density at radius 2 is 1.82 bits per heavy atom. The van der Waals surface area contributed by atoms with Crippen LogP contribution in [-0.4, -0.2) is 72.5 Å². The molecule has 0 aromatic carbocycles. The Balaban J connectivity index is 2.36. The summed E-state index contributed by atoms with van der Waals surface area (Å²) in [6, 6.07) is -0.143. The van der Waals surface area contributed by atoms with E-state index in [1.807, 2.05) is 27.7 Å². The van der Waals surface area contributed by atoms with E-state index in [1.54, 1.807) is 6.08 Å². The maximum Gasteiger partial charge on any atom is 0.237 e. The molecule has 0 spiro atoms. The second-order valence-electron chi connectivity index (χ2n) is 6.82. The number of carbonyl (C=O) groups excluding carboxylic acids is 2. The number of nitrogens with one attached hydrogen (secondary N) is 2. The van der Waals surface area contributed by atoms with Gasteiger partial charge in [0.25, 0.3) is 0 Å². The molecule has 22 heavy (non-hydrogen) atoms. The van der Waals surface area contributed by atoms with Crippen LogP contribution in [-0.2, 0) is 9.59 Å². The monoisotopic (exact) mass is 310 g/mol. The Hall–Kier alpha value is -1.40. The highest BCUT2D eigenvalue weighted by molar-refractivity contribution is 5.82. The minimum absolute atomic E-state index is 0.0203. The summed E-state index contributed by atoms with van der Waals surface area (Å²) in [6.07, 6.45) is 1.67. The smallest absolute Gasteiger partial charge is 0.237 e. The van der Waals surface area contributed by atoms with Gasteiger partial charge >= 0.3 is 0 Å². The van der Waals surface area contributed by atoms with E-state index in [4.69, 9.17) is 0 Å². The lowest BCUT2D eigenvalue weighted by Gasteiger charge is -2.38. The van der Waals surface area contributed by atoms with Gasteiger partial charge in [0, 0.05) is 38.3 Å². The number of piperazine rings is 1. The van der Waals surface area contributed by atoms with E-state index < -0.39 is 0 Å². The molecule has 1 unspecified atom stereocenters. The molecule has 1 heterocycles. The molecule has 6 nitrogen and oxygen atoms in total. The van der Waals surface area contributed by atoms with Crippen molar-refractivity contribution >= 4 is 11.8 Å². The van der Waals surface area contributed by atoms with Gasteiger partial charge in [-0.1, -0.05) is 6.08 Å². The molecule has 2 N–H and O–H groups in total. The molecule has 2 amide bonds. The van der Waals surface area contributed by atoms with Gasteiger partial charge in [-0.15, -0.1) is 6.58 Å². The van der Waals surface area contributed by atoms with Crippen LogP contribution in [0.5, 0.6) is 0 Å². The van der Waals surface area contributed by atoms with Crippen molar-refractivity contribution in [2.45, 2.75) is 39.3 Å². The summed E-state index contributed by atoms with van der Waals surface area (Å²) >= 11 is 0. The van der Waals surface area contributed by atoms with Gasteiger partial charge in [-0.2, -0.15) is 0 Å². The van der Waals surface area contributed by atoms with E-state index >= 15 is 0 Å². The van der Waals surface area contributed by atoms with Crippen molar-refractivity contribution in [1.82, 2.24) is 20.4 Å². The van der Waals surface area contributed by atoms with Crippen molar-refractivity contribution in [2.24, 2.45) is 0 Å². The van der Waals surface area contributed by atoms with Crippen molar-refractivity contribution in [2.75, 3.05) is 39.3 Å². The van der Waals surface area contributed by atoms with Gasteiger partial charge in [0.2, 0.25) is 11.8 Å². The van der Waals surface area contributed by atoms with E-state index in [-0.39, 0.29) is 23.4 Å². The zero-order valence-electron chi connectivity index (χ0n) is 14.3. The minimum atomic E-state index is -0.212. The lowest BCUT2D eigenvalue weighted by molar-refractivity contribution is -0.129. The second-order valence-corrected chi connectivity index (χ2v) is 6.82. The fourth-order valence-corrected chi connectivity index (χ4v) is 2.39. The summed E-state index contributed by atoms with van der Waals surface area (Å²) in [7, 11) is 0. The molecular weight excluding hydrogens is 280 g/mol. The summed E-state index contributed by atoms with van der Waals surface area (Å²) in [5.74, 6) is 0.0801. The minimum Gasteiger partial charge on any atom is -0.352 e. The molecule has 0 aliphatic carbocycles. The van der Waals surface area contributed by atoms with E-state index in [1.165, 1.54) is 0 Å². The molecule has 126 valence electrons. The first-order chi connectivity index (χ1) is 10.2. The highest BCUT2D eigenvalue weighted by Gasteiger charge is 2.27. The van der Waals surface area contributed by atoms with Crippen molar-refractivity contribution in [3.8, 4) is 0 Å². The molecule has 6 heteroatoms. The Morgan fingerprint density at radius 3 is 2.32 bits per heavy atom. The number of amides is 2. The Bertz CT molecular complexity index is 395. The third-order valence-corrected chi connectivity index (χ3v) is 3.64. The highest BCUT2D eigenvalue weighted by Crippen LogP contribution is 2.08. The van der Waals surface area contributed by atoms with Gasteiger partial charge in [0.1, 0.15) is 0 Å². The molecule has 0 saturated carbocycles. The zero-order chi connectivity index (χ0) is 16.8. The van der Waals surface area contributed by atoms with Crippen LogP contribution in [0, 0.1) is 0 Å². The first-order valence-electron chi connectivity index (χ1n) is 7.89. The maximum atomic E-state index is 12.2. The lowest BCUT2D eigenvalue weighted by atomic mass is 10.1. The van der Waals surface area contributed by atoms with Crippen LogP contribution in [0.25, 0.3) is 0 Å². The van der Waals surface area contributed by atoms with E-state index in [0.29, 0.717) is 13.1 Å². The molecule has 0 aromatic rings. The third kappa shape index (κ3) is 6.58. The van der Waals surface area contributed by atoms with Crippen LogP contribution in [0.3, 0.4) is 0 Å². The quantitative estimate of drug-likeness (QED) is 0.689. The van der Waals surface area contributed by atoms with Crippen molar-refractivity contribution in [3.63, 3.8) is 0 Å². The van der Waals surface area contributed by atoms with Crippen LogP contribution in [0.4, 0.5) is 0 Å². The fraction of sp³-hybridized carbons (Fsp3) is 0.750. The first kappa shape index (κ1) is 18.6. The van der Waals surface area contributed by atoms with Crippen LogP contribution in [0.1, 0.15) is 27.7 Å². The maximum absolute atomic E-state index is 12.2. The number of hydrogen-bond donors (Lipinski definition) is 2. The number of rotatable bonds is 6. The molecule has 1 saturated heterocycles. The summed E-state index contributed by atoms with van der Waals surface area (Å²) in [5.41, 5.74) is -0.212. The summed E-state index contributed by atoms with van der Waals surface area (Å²) in [4.78, 5) is 28.1. The van der Waals surface area contributed by atoms with Crippen molar-refractivity contribution in [1.29, 1.82) is 0 Å².